The molecule has 1 aliphatic carbocycles. The summed E-state index contributed by atoms with van der Waals surface area (Å²) in [5.74, 6) is 0.632. The first kappa shape index (κ1) is 12.6. The van der Waals surface area contributed by atoms with Crippen molar-refractivity contribution in [1.82, 2.24) is 9.55 Å². The number of nitrogens with zero attached hydrogens (tertiary/aromatic N) is 2. The normalized spacial score (nSPS) is 20.3. The Balaban J connectivity index is 2.22. The third-order valence-corrected chi connectivity index (χ3v) is 4.23. The molecular weight excluding hydrogens is 210 g/mol. The first-order chi connectivity index (χ1) is 8.09. The molecule has 0 radical (unpaired) electrons. The largest absolute Gasteiger partial charge is 0.327 e. The number of rotatable bonds is 5. The Bertz CT molecular complexity index is 358. The van der Waals surface area contributed by atoms with Gasteiger partial charge in [0, 0.05) is 17.8 Å². The van der Waals surface area contributed by atoms with Crippen LogP contribution in [0.15, 0.2) is 12.5 Å². The molecule has 0 bridgehead atoms. The maximum atomic E-state index is 6.31. The van der Waals surface area contributed by atoms with Gasteiger partial charge in [-0.1, -0.05) is 20.8 Å². The van der Waals surface area contributed by atoms with Gasteiger partial charge in [-0.3, -0.25) is 0 Å². The van der Waals surface area contributed by atoms with Gasteiger partial charge < -0.3 is 10.3 Å². The molecule has 0 amide bonds. The zero-order valence-electron chi connectivity index (χ0n) is 11.3. The molecular formula is C14H25N3. The van der Waals surface area contributed by atoms with E-state index in [0.29, 0.717) is 11.5 Å². The van der Waals surface area contributed by atoms with Crippen molar-refractivity contribution in [3.05, 3.63) is 18.2 Å². The highest BCUT2D eigenvalue weighted by atomic mass is 15.1. The van der Waals surface area contributed by atoms with Crippen LogP contribution in [0, 0.1) is 5.92 Å². The Morgan fingerprint density at radius 2 is 2.18 bits per heavy atom. The summed E-state index contributed by atoms with van der Waals surface area (Å²) in [5.41, 5.74) is 7.85. The molecule has 0 spiro atoms. The molecule has 0 saturated heterocycles. The highest BCUT2D eigenvalue weighted by molar-refractivity contribution is 5.11. The fourth-order valence-electron chi connectivity index (χ4n) is 2.95. The van der Waals surface area contributed by atoms with Crippen molar-refractivity contribution in [1.29, 1.82) is 0 Å². The zero-order valence-corrected chi connectivity index (χ0v) is 11.3. The van der Waals surface area contributed by atoms with E-state index >= 15 is 0 Å². The lowest BCUT2D eigenvalue weighted by Crippen LogP contribution is -2.41. The Labute approximate surface area is 104 Å². The minimum Gasteiger partial charge on any atom is -0.327 e. The Hall–Kier alpha value is -0.830. The third kappa shape index (κ3) is 2.25. The van der Waals surface area contributed by atoms with Gasteiger partial charge >= 0.3 is 0 Å². The lowest BCUT2D eigenvalue weighted by atomic mass is 9.74. The van der Waals surface area contributed by atoms with Crippen molar-refractivity contribution in [2.24, 2.45) is 11.7 Å². The van der Waals surface area contributed by atoms with Crippen LogP contribution in [-0.2, 0) is 5.54 Å². The van der Waals surface area contributed by atoms with Gasteiger partial charge in [-0.05, 0) is 38.0 Å². The van der Waals surface area contributed by atoms with Crippen LogP contribution in [0.25, 0.3) is 0 Å². The van der Waals surface area contributed by atoms with Crippen molar-refractivity contribution in [3.63, 3.8) is 0 Å². The molecule has 2 rings (SSSR count). The van der Waals surface area contributed by atoms with Gasteiger partial charge in [0.2, 0.25) is 0 Å². The van der Waals surface area contributed by atoms with Gasteiger partial charge in [0.25, 0.3) is 0 Å². The van der Waals surface area contributed by atoms with Crippen molar-refractivity contribution in [3.8, 4) is 0 Å². The zero-order chi connectivity index (χ0) is 12.5. The summed E-state index contributed by atoms with van der Waals surface area (Å²) in [6.45, 7) is 6.72. The first-order valence-electron chi connectivity index (χ1n) is 6.87. The number of hydrogen-bond donors (Lipinski definition) is 1. The molecule has 3 heteroatoms. The first-order valence-corrected chi connectivity index (χ1v) is 6.87. The Morgan fingerprint density at radius 1 is 1.47 bits per heavy atom. The number of nitrogens with two attached hydrogens (primary N) is 1. The molecule has 2 N–H and O–H groups in total. The minimum atomic E-state index is 0.126. The van der Waals surface area contributed by atoms with Gasteiger partial charge in [0.05, 0.1) is 12.0 Å². The molecule has 1 unspecified atom stereocenters. The Morgan fingerprint density at radius 3 is 2.65 bits per heavy atom. The SMILES string of the molecule is CCC1(n2cncc2C(N)CC(C)C)CCC1. The molecule has 1 fully saturated rings. The second-order valence-electron chi connectivity index (χ2n) is 5.86. The van der Waals surface area contributed by atoms with Crippen LogP contribution < -0.4 is 5.73 Å². The van der Waals surface area contributed by atoms with E-state index < -0.39 is 0 Å². The van der Waals surface area contributed by atoms with E-state index in [1.54, 1.807) is 0 Å². The molecule has 1 aromatic heterocycles. The molecule has 1 aromatic rings. The molecule has 1 atom stereocenters. The number of imidazole rings is 1. The second-order valence-corrected chi connectivity index (χ2v) is 5.86. The summed E-state index contributed by atoms with van der Waals surface area (Å²) in [7, 11) is 0. The molecule has 0 aliphatic heterocycles. The highest BCUT2D eigenvalue weighted by Crippen LogP contribution is 2.43. The maximum Gasteiger partial charge on any atom is 0.0953 e. The molecule has 17 heavy (non-hydrogen) atoms. The topological polar surface area (TPSA) is 43.8 Å². The lowest BCUT2D eigenvalue weighted by Gasteiger charge is -2.44. The number of aromatic nitrogens is 2. The lowest BCUT2D eigenvalue weighted by molar-refractivity contribution is 0.130. The van der Waals surface area contributed by atoms with E-state index in [-0.39, 0.29) is 6.04 Å². The highest BCUT2D eigenvalue weighted by Gasteiger charge is 2.38. The smallest absolute Gasteiger partial charge is 0.0953 e. The summed E-state index contributed by atoms with van der Waals surface area (Å²) in [6, 6.07) is 0.126. The Kier molecular flexibility index (Phi) is 3.57. The van der Waals surface area contributed by atoms with Crippen molar-refractivity contribution in [2.75, 3.05) is 0 Å². The predicted molar refractivity (Wildman–Crippen MR) is 70.7 cm³/mol. The van der Waals surface area contributed by atoms with Crippen molar-refractivity contribution in [2.45, 2.75) is 64.5 Å². The van der Waals surface area contributed by atoms with Gasteiger partial charge in [-0.2, -0.15) is 0 Å². The molecule has 0 aromatic carbocycles. The standard InChI is InChI=1S/C14H25N3/c1-4-14(6-5-7-14)17-10-16-9-13(17)12(15)8-11(2)3/h9-12H,4-8,15H2,1-3H3. The minimum absolute atomic E-state index is 0.126. The quantitative estimate of drug-likeness (QED) is 0.851. The van der Waals surface area contributed by atoms with Gasteiger partial charge in [-0.15, -0.1) is 0 Å². The number of hydrogen-bond acceptors (Lipinski definition) is 2. The van der Waals surface area contributed by atoms with E-state index in [4.69, 9.17) is 5.73 Å². The third-order valence-electron chi connectivity index (χ3n) is 4.23. The average Bonchev–Trinajstić information content (AvgIpc) is 2.65. The van der Waals surface area contributed by atoms with Gasteiger partial charge in [-0.25, -0.2) is 4.98 Å². The monoisotopic (exact) mass is 235 g/mol. The summed E-state index contributed by atoms with van der Waals surface area (Å²) in [6.07, 6.45) is 10.1. The summed E-state index contributed by atoms with van der Waals surface area (Å²) >= 11 is 0. The van der Waals surface area contributed by atoms with E-state index in [1.165, 1.54) is 31.4 Å². The fourth-order valence-corrected chi connectivity index (χ4v) is 2.95. The molecule has 96 valence electrons. The van der Waals surface area contributed by atoms with Crippen LogP contribution in [-0.4, -0.2) is 9.55 Å². The van der Waals surface area contributed by atoms with E-state index in [9.17, 15) is 0 Å². The van der Waals surface area contributed by atoms with Gasteiger partial charge in [0.15, 0.2) is 0 Å². The fraction of sp³-hybridized carbons (Fsp3) is 0.786. The van der Waals surface area contributed by atoms with Crippen LogP contribution in [0.5, 0.6) is 0 Å². The molecule has 1 saturated carbocycles. The molecule has 1 aliphatic rings. The van der Waals surface area contributed by atoms with Crippen LogP contribution >= 0.6 is 0 Å². The predicted octanol–water partition coefficient (Wildman–Crippen LogP) is 3.22. The summed E-state index contributed by atoms with van der Waals surface area (Å²) < 4.78 is 2.36. The maximum absolute atomic E-state index is 6.31. The summed E-state index contributed by atoms with van der Waals surface area (Å²) in [4.78, 5) is 4.33. The van der Waals surface area contributed by atoms with Crippen LogP contribution in [0.3, 0.4) is 0 Å². The van der Waals surface area contributed by atoms with Crippen LogP contribution in [0.2, 0.25) is 0 Å². The van der Waals surface area contributed by atoms with E-state index in [2.05, 4.69) is 30.3 Å². The summed E-state index contributed by atoms with van der Waals surface area (Å²) in [5, 5.41) is 0. The van der Waals surface area contributed by atoms with Crippen LogP contribution in [0.4, 0.5) is 0 Å². The van der Waals surface area contributed by atoms with E-state index in [1.807, 2.05) is 12.5 Å². The molecule has 3 nitrogen and oxygen atoms in total. The average molecular weight is 235 g/mol. The van der Waals surface area contributed by atoms with E-state index in [0.717, 1.165) is 6.42 Å². The van der Waals surface area contributed by atoms with Crippen molar-refractivity contribution >= 4 is 0 Å². The molecule has 1 heterocycles. The van der Waals surface area contributed by atoms with Gasteiger partial charge in [0.1, 0.15) is 0 Å². The van der Waals surface area contributed by atoms with Crippen LogP contribution in [0.1, 0.15) is 64.6 Å². The van der Waals surface area contributed by atoms with Crippen molar-refractivity contribution < 1.29 is 0 Å². The second kappa shape index (κ2) is 4.81.